The van der Waals surface area contributed by atoms with Crippen LogP contribution in [0.2, 0.25) is 0 Å². The molecule has 3 aliphatic rings. The molecular formula is C11H16O3. The van der Waals surface area contributed by atoms with E-state index in [2.05, 4.69) is 0 Å². The maximum absolute atomic E-state index is 11.6. The molecule has 1 unspecified atom stereocenters. The van der Waals surface area contributed by atoms with Gasteiger partial charge in [-0.05, 0) is 25.7 Å². The first-order valence-electron chi connectivity index (χ1n) is 5.68. The predicted molar refractivity (Wildman–Crippen MR) is 49.8 cm³/mol. The summed E-state index contributed by atoms with van der Waals surface area (Å²) in [7, 11) is 0. The third-order valence-corrected chi connectivity index (χ3v) is 3.49. The van der Waals surface area contributed by atoms with Gasteiger partial charge in [-0.3, -0.25) is 0 Å². The van der Waals surface area contributed by atoms with Crippen molar-refractivity contribution >= 4 is 5.97 Å². The van der Waals surface area contributed by atoms with E-state index in [1.165, 1.54) is 19.3 Å². The molecule has 0 bridgehead atoms. The van der Waals surface area contributed by atoms with E-state index < -0.39 is 0 Å². The Morgan fingerprint density at radius 2 is 1.93 bits per heavy atom. The van der Waals surface area contributed by atoms with Crippen LogP contribution in [-0.4, -0.2) is 23.8 Å². The van der Waals surface area contributed by atoms with Crippen LogP contribution in [0, 0.1) is 0 Å². The number of epoxide rings is 1. The average Bonchev–Trinajstić information content (AvgIpc) is 3.06. The summed E-state index contributed by atoms with van der Waals surface area (Å²) < 4.78 is 10.8. The molecule has 78 valence electrons. The Labute approximate surface area is 83.8 Å². The first-order chi connectivity index (χ1) is 6.80. The van der Waals surface area contributed by atoms with Crippen molar-refractivity contribution < 1.29 is 14.3 Å². The molecule has 1 saturated heterocycles. The van der Waals surface area contributed by atoms with Crippen LogP contribution in [-0.2, 0) is 14.3 Å². The molecule has 1 heterocycles. The van der Waals surface area contributed by atoms with E-state index in [9.17, 15) is 4.79 Å². The second-order valence-electron chi connectivity index (χ2n) is 4.76. The van der Waals surface area contributed by atoms with Crippen molar-refractivity contribution in [2.24, 2.45) is 0 Å². The Bertz CT molecular complexity index is 251. The molecule has 0 radical (unpaired) electrons. The molecule has 3 heteroatoms. The normalized spacial score (nSPS) is 34.1. The lowest BCUT2D eigenvalue weighted by Gasteiger charge is -2.17. The monoisotopic (exact) mass is 196 g/mol. The molecule has 3 rings (SSSR count). The molecule has 3 fully saturated rings. The third-order valence-electron chi connectivity index (χ3n) is 3.49. The highest BCUT2D eigenvalue weighted by molar-refractivity contribution is 5.79. The maximum atomic E-state index is 11.6. The highest BCUT2D eigenvalue weighted by Crippen LogP contribution is 2.49. The lowest BCUT2D eigenvalue weighted by molar-refractivity contribution is -0.146. The average molecular weight is 196 g/mol. The molecule has 3 nitrogen and oxygen atoms in total. The molecule has 0 N–H and O–H groups in total. The number of ether oxygens (including phenoxy) is 2. The van der Waals surface area contributed by atoms with Gasteiger partial charge in [0.25, 0.3) is 0 Å². The summed E-state index contributed by atoms with van der Waals surface area (Å²) in [5.74, 6) is -0.102. The van der Waals surface area contributed by atoms with Gasteiger partial charge in [0.15, 0.2) is 6.10 Å². The smallest absolute Gasteiger partial charge is 0.338 e. The van der Waals surface area contributed by atoms with Gasteiger partial charge in [0.05, 0.1) is 0 Å². The van der Waals surface area contributed by atoms with Crippen molar-refractivity contribution in [3.05, 3.63) is 0 Å². The van der Waals surface area contributed by atoms with Gasteiger partial charge in [-0.15, -0.1) is 0 Å². The van der Waals surface area contributed by atoms with Gasteiger partial charge in [0.2, 0.25) is 0 Å². The van der Waals surface area contributed by atoms with E-state index in [1.807, 2.05) is 0 Å². The third kappa shape index (κ3) is 1.44. The van der Waals surface area contributed by atoms with E-state index in [-0.39, 0.29) is 23.8 Å². The number of hydrogen-bond donors (Lipinski definition) is 0. The summed E-state index contributed by atoms with van der Waals surface area (Å²) in [4.78, 5) is 11.6. The minimum absolute atomic E-state index is 0.0930. The van der Waals surface area contributed by atoms with Crippen molar-refractivity contribution in [2.75, 3.05) is 0 Å². The van der Waals surface area contributed by atoms with Gasteiger partial charge in [0, 0.05) is 0 Å². The Balaban J connectivity index is 1.57. The van der Waals surface area contributed by atoms with Crippen LogP contribution in [0.5, 0.6) is 0 Å². The Kier molecular flexibility index (Phi) is 1.84. The Hall–Kier alpha value is -0.570. The summed E-state index contributed by atoms with van der Waals surface area (Å²) >= 11 is 0. The summed E-state index contributed by atoms with van der Waals surface area (Å²) in [6.07, 6.45) is 7.89. The van der Waals surface area contributed by atoms with Crippen molar-refractivity contribution in [1.82, 2.24) is 0 Å². The lowest BCUT2D eigenvalue weighted by Crippen LogP contribution is -2.25. The highest BCUT2D eigenvalue weighted by Gasteiger charge is 2.61. The van der Waals surface area contributed by atoms with Gasteiger partial charge in [-0.25, -0.2) is 4.79 Å². The summed E-state index contributed by atoms with van der Waals surface area (Å²) in [6, 6.07) is 0. The van der Waals surface area contributed by atoms with Gasteiger partial charge >= 0.3 is 5.97 Å². The fraction of sp³-hybridized carbons (Fsp3) is 0.909. The van der Waals surface area contributed by atoms with E-state index >= 15 is 0 Å². The second-order valence-corrected chi connectivity index (χ2v) is 4.76. The topological polar surface area (TPSA) is 38.8 Å². The maximum Gasteiger partial charge on any atom is 0.338 e. The zero-order chi connectivity index (χ0) is 9.60. The molecule has 0 aromatic rings. The largest absolute Gasteiger partial charge is 0.460 e. The van der Waals surface area contributed by atoms with Crippen molar-refractivity contribution in [3.63, 3.8) is 0 Å². The SMILES string of the molecule is O=C(OC1CC1)C1OC12CCCCC2. The number of carbonyl (C=O) groups excluding carboxylic acids is 1. The molecule has 1 aliphatic heterocycles. The van der Waals surface area contributed by atoms with Gasteiger partial charge in [-0.1, -0.05) is 19.3 Å². The molecule has 0 aromatic heterocycles. The van der Waals surface area contributed by atoms with Gasteiger partial charge < -0.3 is 9.47 Å². The molecule has 1 spiro atoms. The van der Waals surface area contributed by atoms with Crippen molar-refractivity contribution in [1.29, 1.82) is 0 Å². The molecule has 2 saturated carbocycles. The first kappa shape index (κ1) is 8.72. The van der Waals surface area contributed by atoms with Crippen LogP contribution in [0.1, 0.15) is 44.9 Å². The molecule has 0 aromatic carbocycles. The number of esters is 1. The van der Waals surface area contributed by atoms with E-state index in [0.717, 1.165) is 25.7 Å². The van der Waals surface area contributed by atoms with Gasteiger partial charge in [-0.2, -0.15) is 0 Å². The Morgan fingerprint density at radius 1 is 1.21 bits per heavy atom. The van der Waals surface area contributed by atoms with Crippen LogP contribution in [0.25, 0.3) is 0 Å². The zero-order valence-corrected chi connectivity index (χ0v) is 8.33. The summed E-state index contributed by atoms with van der Waals surface area (Å²) in [5.41, 5.74) is -0.0930. The predicted octanol–water partition coefficient (Wildman–Crippen LogP) is 1.79. The number of hydrogen-bond acceptors (Lipinski definition) is 3. The lowest BCUT2D eigenvalue weighted by atomic mass is 9.86. The molecule has 0 amide bonds. The van der Waals surface area contributed by atoms with Crippen LogP contribution in [0.3, 0.4) is 0 Å². The standard InChI is InChI=1S/C11H16O3/c12-10(13-8-4-5-8)9-11(14-9)6-2-1-3-7-11/h8-9H,1-7H2. The van der Waals surface area contributed by atoms with Crippen LogP contribution >= 0.6 is 0 Å². The molecule has 2 aliphatic carbocycles. The quantitative estimate of drug-likeness (QED) is 0.499. The minimum atomic E-state index is -0.219. The van der Waals surface area contributed by atoms with Crippen molar-refractivity contribution in [3.8, 4) is 0 Å². The van der Waals surface area contributed by atoms with Crippen LogP contribution in [0.4, 0.5) is 0 Å². The zero-order valence-electron chi connectivity index (χ0n) is 8.33. The van der Waals surface area contributed by atoms with E-state index in [1.54, 1.807) is 0 Å². The summed E-state index contributed by atoms with van der Waals surface area (Å²) in [5, 5.41) is 0. The van der Waals surface area contributed by atoms with Crippen LogP contribution < -0.4 is 0 Å². The van der Waals surface area contributed by atoms with Crippen molar-refractivity contribution in [2.45, 2.75) is 62.8 Å². The van der Waals surface area contributed by atoms with E-state index in [0.29, 0.717) is 0 Å². The second kappa shape index (κ2) is 2.96. The Morgan fingerprint density at radius 3 is 2.57 bits per heavy atom. The molecule has 14 heavy (non-hydrogen) atoms. The highest BCUT2D eigenvalue weighted by atomic mass is 16.7. The fourth-order valence-electron chi connectivity index (χ4n) is 2.41. The summed E-state index contributed by atoms with van der Waals surface area (Å²) in [6.45, 7) is 0. The molecular weight excluding hydrogens is 180 g/mol. The first-order valence-corrected chi connectivity index (χ1v) is 5.68. The molecule has 1 atom stereocenters. The van der Waals surface area contributed by atoms with E-state index in [4.69, 9.17) is 9.47 Å². The number of rotatable bonds is 2. The van der Waals surface area contributed by atoms with Crippen LogP contribution in [0.15, 0.2) is 0 Å². The fourth-order valence-corrected chi connectivity index (χ4v) is 2.41. The number of carbonyl (C=O) groups is 1. The van der Waals surface area contributed by atoms with Gasteiger partial charge in [0.1, 0.15) is 11.7 Å². The minimum Gasteiger partial charge on any atom is -0.460 e.